The minimum Gasteiger partial charge on any atom is -0.354 e. The predicted octanol–water partition coefficient (Wildman–Crippen LogP) is 2.74. The molecule has 3 rings (SSSR count). The Morgan fingerprint density at radius 3 is 2.48 bits per heavy atom. The second-order valence-corrected chi connectivity index (χ2v) is 9.93. The zero-order valence-corrected chi connectivity index (χ0v) is 17.1. The summed E-state index contributed by atoms with van der Waals surface area (Å²) in [6.45, 7) is 3.42. The average Bonchev–Trinajstić information content (AvgIpc) is 3.37. The van der Waals surface area contributed by atoms with Crippen molar-refractivity contribution in [3.63, 3.8) is 0 Å². The summed E-state index contributed by atoms with van der Waals surface area (Å²) in [7, 11) is -3.25. The highest BCUT2D eigenvalue weighted by atomic mass is 32.2. The van der Waals surface area contributed by atoms with Gasteiger partial charge in [0.2, 0.25) is 5.91 Å². The summed E-state index contributed by atoms with van der Waals surface area (Å²) in [5.74, 6) is -0.352. The normalized spacial score (nSPS) is 15.9. The number of amides is 1. The maximum atomic E-state index is 13.0. The van der Waals surface area contributed by atoms with Crippen LogP contribution in [0.2, 0.25) is 0 Å². The molecule has 1 saturated carbocycles. The van der Waals surface area contributed by atoms with Gasteiger partial charge >= 0.3 is 6.18 Å². The molecule has 1 N–H and O–H groups in total. The van der Waals surface area contributed by atoms with Crippen molar-refractivity contribution < 1.29 is 26.4 Å². The highest BCUT2D eigenvalue weighted by Gasteiger charge is 2.52. The van der Waals surface area contributed by atoms with Crippen molar-refractivity contribution in [2.45, 2.75) is 44.0 Å². The van der Waals surface area contributed by atoms with E-state index in [0.29, 0.717) is 29.8 Å². The smallest absolute Gasteiger partial charge is 0.354 e. The zero-order valence-electron chi connectivity index (χ0n) is 16.3. The summed E-state index contributed by atoms with van der Waals surface area (Å²) in [6, 6.07) is 4.81. The molecule has 1 fully saturated rings. The molecule has 158 valence electrons. The summed E-state index contributed by atoms with van der Waals surface area (Å²) in [5, 5.41) is 6.96. The van der Waals surface area contributed by atoms with E-state index in [9.17, 15) is 26.4 Å². The molecule has 0 bridgehead atoms. The number of alkyl halides is 3. The van der Waals surface area contributed by atoms with Crippen molar-refractivity contribution in [1.82, 2.24) is 15.1 Å². The molecule has 0 spiro atoms. The van der Waals surface area contributed by atoms with Gasteiger partial charge in [-0.05, 0) is 44.9 Å². The Balaban J connectivity index is 1.77. The maximum Gasteiger partial charge on any atom is 0.416 e. The quantitative estimate of drug-likeness (QED) is 0.766. The van der Waals surface area contributed by atoms with E-state index in [1.807, 2.05) is 0 Å². The zero-order chi connectivity index (χ0) is 21.6. The van der Waals surface area contributed by atoms with Gasteiger partial charge in [0.1, 0.15) is 0 Å². The lowest BCUT2D eigenvalue weighted by atomic mass is 10.1. The van der Waals surface area contributed by atoms with Gasteiger partial charge in [-0.25, -0.2) is 13.1 Å². The van der Waals surface area contributed by atoms with Gasteiger partial charge in [-0.2, -0.15) is 18.3 Å². The van der Waals surface area contributed by atoms with E-state index in [2.05, 4.69) is 10.4 Å². The molecule has 1 aliphatic rings. The van der Waals surface area contributed by atoms with Gasteiger partial charge in [-0.3, -0.25) is 4.79 Å². The number of carbonyl (C=O) groups is 1. The van der Waals surface area contributed by atoms with E-state index in [1.54, 1.807) is 13.8 Å². The van der Waals surface area contributed by atoms with Crippen LogP contribution in [0, 0.1) is 13.8 Å². The van der Waals surface area contributed by atoms with E-state index < -0.39 is 26.3 Å². The number of carbonyl (C=O) groups excluding carboxylic acids is 1. The summed E-state index contributed by atoms with van der Waals surface area (Å²) in [6.07, 6.45) is -2.28. The van der Waals surface area contributed by atoms with Crippen LogP contribution in [-0.2, 0) is 27.2 Å². The summed E-state index contributed by atoms with van der Waals surface area (Å²) in [5.41, 5.74) is 1.16. The number of hydrogen-bond donors (Lipinski definition) is 1. The van der Waals surface area contributed by atoms with Gasteiger partial charge in [0.25, 0.3) is 0 Å². The second-order valence-electron chi connectivity index (χ2n) is 7.52. The number of rotatable bonds is 6. The number of halogens is 3. The van der Waals surface area contributed by atoms with Gasteiger partial charge in [0.05, 0.1) is 28.1 Å². The first-order chi connectivity index (χ1) is 13.3. The van der Waals surface area contributed by atoms with Crippen molar-refractivity contribution in [3.8, 4) is 5.69 Å². The first-order valence-corrected chi connectivity index (χ1v) is 10.9. The fourth-order valence-corrected chi connectivity index (χ4v) is 4.48. The Hall–Kier alpha value is -2.36. The molecule has 0 atom stereocenters. The molecule has 1 amide bonds. The molecule has 1 heterocycles. The number of aryl methyl sites for hydroxylation is 1. The van der Waals surface area contributed by atoms with E-state index in [0.717, 1.165) is 12.1 Å². The number of aromatic nitrogens is 2. The second kappa shape index (κ2) is 7.16. The Bertz CT molecular complexity index is 1050. The van der Waals surface area contributed by atoms with E-state index >= 15 is 0 Å². The van der Waals surface area contributed by atoms with Gasteiger partial charge in [0.15, 0.2) is 9.84 Å². The van der Waals surface area contributed by atoms with Crippen LogP contribution in [0.25, 0.3) is 5.69 Å². The molecule has 1 aliphatic carbocycles. The van der Waals surface area contributed by atoms with Crippen LogP contribution in [0.4, 0.5) is 13.2 Å². The highest BCUT2D eigenvalue weighted by molar-refractivity contribution is 7.92. The van der Waals surface area contributed by atoms with Crippen molar-refractivity contribution in [1.29, 1.82) is 0 Å². The molecule has 1 aromatic heterocycles. The Kier molecular flexibility index (Phi) is 5.27. The van der Waals surface area contributed by atoms with E-state index in [4.69, 9.17) is 0 Å². The van der Waals surface area contributed by atoms with Crippen LogP contribution in [0.3, 0.4) is 0 Å². The maximum absolute atomic E-state index is 13.0. The fraction of sp³-hybridized carbons (Fsp3) is 0.474. The molecule has 2 aromatic rings. The third-order valence-corrected chi connectivity index (χ3v) is 7.52. The minimum atomic E-state index is -4.47. The number of sulfone groups is 1. The molecule has 0 unspecified atom stereocenters. The molecular formula is C19H22F3N3O3S. The lowest BCUT2D eigenvalue weighted by Crippen LogP contribution is -2.38. The van der Waals surface area contributed by atoms with Gasteiger partial charge in [-0.15, -0.1) is 0 Å². The largest absolute Gasteiger partial charge is 0.416 e. The summed E-state index contributed by atoms with van der Waals surface area (Å²) < 4.78 is 63.1. The first-order valence-electron chi connectivity index (χ1n) is 9.03. The number of nitrogens with zero attached hydrogens (tertiary/aromatic N) is 2. The minimum absolute atomic E-state index is 0.0313. The standard InChI is InChI=1S/C19H22F3N3O3S/c1-12-16(10-17(26)23-11-18(7-8-18)29(3,27)28)13(2)25(24-12)15-6-4-5-14(9-15)19(20,21)22/h4-6,9H,7-8,10-11H2,1-3H3,(H,23,26). The third kappa shape index (κ3) is 4.31. The molecule has 0 radical (unpaired) electrons. The number of nitrogens with one attached hydrogen (secondary N) is 1. The van der Waals surface area contributed by atoms with Crippen LogP contribution in [0.15, 0.2) is 24.3 Å². The molecule has 29 heavy (non-hydrogen) atoms. The lowest BCUT2D eigenvalue weighted by molar-refractivity contribution is -0.137. The molecule has 0 aliphatic heterocycles. The van der Waals surface area contributed by atoms with Crippen LogP contribution < -0.4 is 5.32 Å². The molecule has 10 heteroatoms. The van der Waals surface area contributed by atoms with Gasteiger partial charge in [0, 0.05) is 24.1 Å². The Morgan fingerprint density at radius 2 is 1.93 bits per heavy atom. The topological polar surface area (TPSA) is 81.1 Å². The highest BCUT2D eigenvalue weighted by Crippen LogP contribution is 2.42. The van der Waals surface area contributed by atoms with Gasteiger partial charge < -0.3 is 5.32 Å². The monoisotopic (exact) mass is 429 g/mol. The van der Waals surface area contributed by atoms with E-state index in [-0.39, 0.29) is 24.6 Å². The molecular weight excluding hydrogens is 407 g/mol. The molecule has 1 aromatic carbocycles. The Morgan fingerprint density at radius 1 is 1.28 bits per heavy atom. The van der Waals surface area contributed by atoms with Crippen LogP contribution in [0.5, 0.6) is 0 Å². The van der Waals surface area contributed by atoms with Crippen molar-refractivity contribution in [2.24, 2.45) is 0 Å². The van der Waals surface area contributed by atoms with Gasteiger partial charge in [-0.1, -0.05) is 6.07 Å². The SMILES string of the molecule is Cc1nn(-c2cccc(C(F)(F)F)c2)c(C)c1CC(=O)NCC1(S(C)(=O)=O)CC1. The third-order valence-electron chi connectivity index (χ3n) is 5.40. The number of hydrogen-bond acceptors (Lipinski definition) is 4. The predicted molar refractivity (Wildman–Crippen MR) is 102 cm³/mol. The lowest BCUT2D eigenvalue weighted by Gasteiger charge is -2.14. The summed E-state index contributed by atoms with van der Waals surface area (Å²) >= 11 is 0. The summed E-state index contributed by atoms with van der Waals surface area (Å²) in [4.78, 5) is 12.4. The fourth-order valence-electron chi connectivity index (χ4n) is 3.30. The van der Waals surface area contributed by atoms with Crippen molar-refractivity contribution >= 4 is 15.7 Å². The first kappa shape index (κ1) is 21.4. The van der Waals surface area contributed by atoms with Crippen molar-refractivity contribution in [3.05, 3.63) is 46.8 Å². The van der Waals surface area contributed by atoms with Crippen LogP contribution in [0.1, 0.15) is 35.4 Å². The average molecular weight is 429 g/mol. The van der Waals surface area contributed by atoms with Crippen LogP contribution >= 0.6 is 0 Å². The molecule has 0 saturated heterocycles. The molecule has 6 nitrogen and oxygen atoms in total. The Labute approximate surface area is 167 Å². The van der Waals surface area contributed by atoms with Crippen LogP contribution in [-0.4, -0.2) is 41.7 Å². The van der Waals surface area contributed by atoms with Crippen molar-refractivity contribution in [2.75, 3.05) is 12.8 Å². The van der Waals surface area contributed by atoms with E-state index in [1.165, 1.54) is 23.1 Å². The number of benzene rings is 1.